The van der Waals surface area contributed by atoms with Crippen LogP contribution in [0.3, 0.4) is 0 Å². The topological polar surface area (TPSA) is 63.3 Å². The van der Waals surface area contributed by atoms with Gasteiger partial charge in [0, 0.05) is 64.6 Å². The third-order valence-corrected chi connectivity index (χ3v) is 11.4. The molecule has 0 aliphatic carbocycles. The van der Waals surface area contributed by atoms with Crippen molar-refractivity contribution in [3.05, 3.63) is 77.0 Å². The van der Waals surface area contributed by atoms with Crippen LogP contribution < -0.4 is 0 Å². The van der Waals surface area contributed by atoms with E-state index in [1.54, 1.807) is 11.3 Å². The Labute approximate surface area is 309 Å². The molecule has 3 heterocycles. The van der Waals surface area contributed by atoms with E-state index in [4.69, 9.17) is 22.0 Å². The van der Waals surface area contributed by atoms with Gasteiger partial charge in [-0.25, -0.2) is 0 Å². The van der Waals surface area contributed by atoms with Gasteiger partial charge in [0.2, 0.25) is 0 Å². The third-order valence-electron chi connectivity index (χ3n) is 10.0. The van der Waals surface area contributed by atoms with Crippen molar-refractivity contribution in [2.45, 2.75) is 105 Å². The second-order valence-corrected chi connectivity index (χ2v) is 15.3. The molecule has 4 nitrogen and oxygen atoms in total. The molecular formula is C41H50IrNO3S2-. The number of carbonyl (C=O) groups excluding carboxylic acids is 1. The number of nitrogens with zero attached hydrogens (tertiary/aromatic N) is 1. The first kappa shape index (κ1) is 39.7. The van der Waals surface area contributed by atoms with Crippen molar-refractivity contribution in [2.24, 2.45) is 10.8 Å². The second kappa shape index (κ2) is 15.9. The quantitative estimate of drug-likeness (QED) is 0.0671. The number of thiophene rings is 1. The minimum absolute atomic E-state index is 0. The summed E-state index contributed by atoms with van der Waals surface area (Å²) in [7, 11) is 0. The molecule has 0 atom stereocenters. The Morgan fingerprint density at radius 3 is 2.17 bits per heavy atom. The van der Waals surface area contributed by atoms with Crippen LogP contribution in [0, 0.1) is 16.9 Å². The number of aromatic nitrogens is 1. The monoisotopic (exact) mass is 861 g/mol. The molecule has 0 spiro atoms. The van der Waals surface area contributed by atoms with Crippen LogP contribution in [-0.4, -0.2) is 15.9 Å². The molecule has 0 saturated heterocycles. The first-order valence-corrected chi connectivity index (χ1v) is 18.1. The fraction of sp³-hybridized carbons (Fsp3) is 0.415. The van der Waals surface area contributed by atoms with E-state index in [1.165, 1.54) is 16.3 Å². The molecular weight excluding hydrogens is 811 g/mol. The van der Waals surface area contributed by atoms with E-state index in [1.807, 2.05) is 78.9 Å². The number of aliphatic hydroxyl groups excluding tert-OH is 1. The molecule has 1 radical (unpaired) electrons. The maximum Gasteiger partial charge on any atom is 0.164 e. The van der Waals surface area contributed by atoms with Gasteiger partial charge in [-0.05, 0) is 71.9 Å². The van der Waals surface area contributed by atoms with Gasteiger partial charge in [0.05, 0.1) is 0 Å². The van der Waals surface area contributed by atoms with Crippen LogP contribution in [0.25, 0.3) is 49.4 Å². The first-order chi connectivity index (χ1) is 22.2. The Bertz CT molecular complexity index is 1950. The number of rotatable bonds is 9. The fourth-order valence-corrected chi connectivity index (χ4v) is 7.07. The number of allylic oxidation sites excluding steroid dienone is 3. The second-order valence-electron chi connectivity index (χ2n) is 13.9. The number of fused-ring (bicyclic) bond motifs is 4. The molecule has 5 aromatic rings. The van der Waals surface area contributed by atoms with Crippen LogP contribution in [0.15, 0.2) is 69.1 Å². The molecule has 7 heteroatoms. The third kappa shape index (κ3) is 7.86. The molecule has 1 N–H and O–H groups in total. The summed E-state index contributed by atoms with van der Waals surface area (Å²) >= 11 is 6.48. The Morgan fingerprint density at radius 2 is 1.58 bits per heavy atom. The number of thiol groups is 1. The molecule has 0 amide bonds. The normalized spacial score (nSPS) is 12.9. The largest absolute Gasteiger partial charge is 0.512 e. The van der Waals surface area contributed by atoms with E-state index >= 15 is 0 Å². The molecule has 0 bridgehead atoms. The average molecular weight is 861 g/mol. The van der Waals surface area contributed by atoms with Crippen molar-refractivity contribution >= 4 is 67.8 Å². The van der Waals surface area contributed by atoms with Crippen molar-refractivity contribution in [1.82, 2.24) is 4.98 Å². The van der Waals surface area contributed by atoms with E-state index < -0.39 is 0 Å². The van der Waals surface area contributed by atoms with Gasteiger partial charge in [-0.15, -0.1) is 36.2 Å². The van der Waals surface area contributed by atoms with Crippen molar-refractivity contribution in [3.63, 3.8) is 0 Å². The summed E-state index contributed by atoms with van der Waals surface area (Å²) in [6.07, 6.45) is 10.7. The minimum atomic E-state index is -0.337. The number of hydrogen-bond donors (Lipinski definition) is 2. The molecule has 0 aliphatic heterocycles. The number of furan rings is 1. The zero-order chi connectivity index (χ0) is 34.7. The van der Waals surface area contributed by atoms with Gasteiger partial charge in [0.25, 0.3) is 0 Å². The number of carbonyl (C=O) groups is 1. The van der Waals surface area contributed by atoms with Crippen molar-refractivity contribution in [3.8, 4) is 11.3 Å². The van der Waals surface area contributed by atoms with Crippen LogP contribution in [0.5, 0.6) is 0 Å². The molecule has 2 aromatic carbocycles. The molecule has 0 aliphatic rings. The standard InChI is InChI=1S/C26H22NOS2.C15H28O2.Ir/c1-5-6-17-21(29)8-7-19-22(17)23-20(28-19)9-11-27-24(23)16-13-15-10-12-30-25(15)18(14-16)26(2,3)4;1-7-14(5,8-2)12(16)11-13(17)15(6,9-3)10-4;/h5-12,14,29H,1-4H3;11,16H,7-10H2,1-6H3;/q-1;;/b6-5+;12-11-;. The minimum Gasteiger partial charge on any atom is -0.512 e. The number of pyridine rings is 1. The average Bonchev–Trinajstić information content (AvgIpc) is 3.69. The van der Waals surface area contributed by atoms with E-state index in [9.17, 15) is 9.90 Å². The van der Waals surface area contributed by atoms with Crippen LogP contribution in [0.4, 0.5) is 0 Å². The van der Waals surface area contributed by atoms with Gasteiger partial charge in [-0.2, -0.15) is 11.3 Å². The van der Waals surface area contributed by atoms with Gasteiger partial charge in [0.15, 0.2) is 5.78 Å². The van der Waals surface area contributed by atoms with Gasteiger partial charge in [0.1, 0.15) is 16.9 Å². The van der Waals surface area contributed by atoms with Crippen LogP contribution in [-0.2, 0) is 30.3 Å². The molecule has 5 rings (SSSR count). The van der Waals surface area contributed by atoms with Crippen LogP contribution in [0.2, 0.25) is 0 Å². The van der Waals surface area contributed by atoms with E-state index in [0.717, 1.165) is 74.7 Å². The van der Waals surface area contributed by atoms with Gasteiger partial charge in [-0.1, -0.05) is 85.6 Å². The molecule has 0 saturated carbocycles. The summed E-state index contributed by atoms with van der Waals surface area (Å²) in [5.41, 5.74) is 5.36. The van der Waals surface area contributed by atoms with Crippen molar-refractivity contribution < 1.29 is 34.4 Å². The molecule has 259 valence electrons. The summed E-state index contributed by atoms with van der Waals surface area (Å²) in [5.74, 6) is 0.286. The first-order valence-electron chi connectivity index (χ1n) is 16.7. The summed E-state index contributed by atoms with van der Waals surface area (Å²) < 4.78 is 7.50. The predicted molar refractivity (Wildman–Crippen MR) is 205 cm³/mol. The van der Waals surface area contributed by atoms with Gasteiger partial charge >= 0.3 is 0 Å². The molecule has 0 fully saturated rings. The zero-order valence-electron chi connectivity index (χ0n) is 30.0. The Balaban J connectivity index is 0.000000301. The number of ketones is 1. The summed E-state index contributed by atoms with van der Waals surface area (Å²) in [5, 5.41) is 15.5. The molecule has 48 heavy (non-hydrogen) atoms. The molecule has 3 aromatic heterocycles. The fourth-order valence-electron chi connectivity index (χ4n) is 5.74. The summed E-state index contributed by atoms with van der Waals surface area (Å²) in [4.78, 5) is 17.9. The van der Waals surface area contributed by atoms with E-state index in [0.29, 0.717) is 0 Å². The van der Waals surface area contributed by atoms with Crippen molar-refractivity contribution in [1.29, 1.82) is 0 Å². The van der Waals surface area contributed by atoms with Crippen LogP contribution >= 0.6 is 24.0 Å². The summed E-state index contributed by atoms with van der Waals surface area (Å²) in [6, 6.07) is 13.9. The Hall–Kier alpha value is -2.70. The Morgan fingerprint density at radius 1 is 0.958 bits per heavy atom. The number of aliphatic hydroxyl groups is 1. The maximum atomic E-state index is 12.2. The molecule has 0 unspecified atom stereocenters. The Kier molecular flexibility index (Phi) is 13.2. The number of benzene rings is 2. The smallest absolute Gasteiger partial charge is 0.164 e. The van der Waals surface area contributed by atoms with Gasteiger partial charge in [-0.3, -0.25) is 9.78 Å². The van der Waals surface area contributed by atoms with Gasteiger partial charge < -0.3 is 9.52 Å². The summed E-state index contributed by atoms with van der Waals surface area (Å²) in [6.45, 7) is 20.9. The van der Waals surface area contributed by atoms with Crippen LogP contribution in [0.1, 0.15) is 106 Å². The number of hydrogen-bond acceptors (Lipinski definition) is 6. The van der Waals surface area contributed by atoms with E-state index in [2.05, 4.69) is 50.4 Å². The van der Waals surface area contributed by atoms with Crippen molar-refractivity contribution in [2.75, 3.05) is 0 Å². The SMILES string of the molecule is C/C=C/c1c(S)ccc2oc3ccnc(-c4[c-]c5ccsc5c(C(C)(C)C)c4)c3c12.CCC(C)(CC)C(=O)/C=C(\O)C(C)(CC)CC.[Ir]. The van der Waals surface area contributed by atoms with E-state index in [-0.39, 0.29) is 47.9 Å². The maximum absolute atomic E-state index is 12.2. The zero-order valence-corrected chi connectivity index (χ0v) is 34.1. The predicted octanol–water partition coefficient (Wildman–Crippen LogP) is 12.9.